The maximum Gasteiger partial charge on any atom is 0.258 e. The quantitative estimate of drug-likeness (QED) is 0.695. The highest BCUT2D eigenvalue weighted by Crippen LogP contribution is 2.46. The zero-order valence-electron chi connectivity index (χ0n) is 17.4. The van der Waals surface area contributed by atoms with Crippen LogP contribution in [0.25, 0.3) is 0 Å². The number of ether oxygens (including phenoxy) is 2. The number of fused-ring (bicyclic) bond motifs is 3. The van der Waals surface area contributed by atoms with Gasteiger partial charge >= 0.3 is 0 Å². The number of hydrogen-bond acceptors (Lipinski definition) is 4. The van der Waals surface area contributed by atoms with Gasteiger partial charge in [0, 0.05) is 23.7 Å². The smallest absolute Gasteiger partial charge is 0.258 e. The molecule has 2 bridgehead atoms. The number of amides is 2. The van der Waals surface area contributed by atoms with Gasteiger partial charge in [0.2, 0.25) is 5.91 Å². The van der Waals surface area contributed by atoms with E-state index in [2.05, 4.69) is 10.6 Å². The molecule has 3 fully saturated rings. The largest absolute Gasteiger partial charge is 0.492 e. The summed E-state index contributed by atoms with van der Waals surface area (Å²) in [4.78, 5) is 25.4. The molecule has 0 spiro atoms. The summed E-state index contributed by atoms with van der Waals surface area (Å²) in [6.45, 7) is 0.148. The first-order valence-corrected chi connectivity index (χ1v) is 11.2. The highest BCUT2D eigenvalue weighted by atomic mass is 35.5. The number of benzene rings is 2. The maximum absolute atomic E-state index is 13.5. The van der Waals surface area contributed by atoms with Gasteiger partial charge < -0.3 is 20.1 Å². The number of hydrogen-bond donors (Lipinski definition) is 2. The summed E-state index contributed by atoms with van der Waals surface area (Å²) in [6, 6.07) is 11.7. The lowest BCUT2D eigenvalue weighted by Gasteiger charge is -2.51. The van der Waals surface area contributed by atoms with Gasteiger partial charge in [0.15, 0.2) is 6.61 Å². The van der Waals surface area contributed by atoms with Gasteiger partial charge in [-0.2, -0.15) is 0 Å². The standard InChI is InChI=1S/C24H24ClFN2O4/c25-18-6-5-15(9-19(18)26)31-12-23(29)27-20-10-21(14-7-13(20)8-14)28-24(30)17-11-32-22-4-2-1-3-16(17)22/h1-6,9,13-14,17,20-21H,7-8,10-12H2,(H,27,29)(H,28,30). The molecule has 3 saturated carbocycles. The van der Waals surface area contributed by atoms with Crippen molar-refractivity contribution in [1.29, 1.82) is 0 Å². The first-order valence-electron chi connectivity index (χ1n) is 10.9. The molecule has 4 aliphatic rings. The van der Waals surface area contributed by atoms with Crippen LogP contribution in [0.4, 0.5) is 4.39 Å². The van der Waals surface area contributed by atoms with Gasteiger partial charge in [-0.25, -0.2) is 4.39 Å². The van der Waals surface area contributed by atoms with E-state index < -0.39 is 5.82 Å². The van der Waals surface area contributed by atoms with E-state index in [1.54, 1.807) is 0 Å². The lowest BCUT2D eigenvalue weighted by molar-refractivity contribution is -0.127. The van der Waals surface area contributed by atoms with Crippen LogP contribution in [0.1, 0.15) is 30.7 Å². The predicted octanol–water partition coefficient (Wildman–Crippen LogP) is 3.43. The summed E-state index contributed by atoms with van der Waals surface area (Å²) >= 11 is 5.66. The topological polar surface area (TPSA) is 76.7 Å². The second-order valence-corrected chi connectivity index (χ2v) is 9.19. The molecule has 1 aliphatic heterocycles. The number of halogens is 2. The van der Waals surface area contributed by atoms with Crippen LogP contribution in [-0.4, -0.2) is 37.1 Å². The fourth-order valence-corrected chi connectivity index (χ4v) is 5.12. The van der Waals surface area contributed by atoms with Gasteiger partial charge in [0.05, 0.1) is 5.02 Å². The molecular weight excluding hydrogens is 435 g/mol. The lowest BCUT2D eigenvalue weighted by atomic mass is 9.60. The Labute approximate surface area is 190 Å². The van der Waals surface area contributed by atoms with Gasteiger partial charge in [-0.15, -0.1) is 0 Å². The van der Waals surface area contributed by atoms with E-state index in [4.69, 9.17) is 21.1 Å². The average molecular weight is 459 g/mol. The zero-order chi connectivity index (χ0) is 22.2. The van der Waals surface area contributed by atoms with Crippen molar-refractivity contribution in [3.8, 4) is 11.5 Å². The number of rotatable bonds is 6. The molecule has 3 aliphatic carbocycles. The minimum absolute atomic E-state index is 0.00397. The third kappa shape index (κ3) is 4.13. The molecule has 0 radical (unpaired) electrons. The summed E-state index contributed by atoms with van der Waals surface area (Å²) < 4.78 is 24.6. The molecule has 2 amide bonds. The Morgan fingerprint density at radius 3 is 2.59 bits per heavy atom. The number of carbonyl (C=O) groups excluding carboxylic acids is 2. The maximum atomic E-state index is 13.5. The first kappa shape index (κ1) is 21.1. The molecular formula is C24H24ClFN2O4. The molecule has 6 nitrogen and oxygen atoms in total. The summed E-state index contributed by atoms with van der Waals surface area (Å²) in [5.74, 6) is 0.701. The van der Waals surface area contributed by atoms with E-state index in [0.29, 0.717) is 24.9 Å². The van der Waals surface area contributed by atoms with Crippen LogP contribution in [0.15, 0.2) is 42.5 Å². The predicted molar refractivity (Wildman–Crippen MR) is 116 cm³/mol. The Morgan fingerprint density at radius 1 is 1.06 bits per heavy atom. The van der Waals surface area contributed by atoms with Crippen LogP contribution in [0.5, 0.6) is 11.5 Å². The molecule has 8 heteroatoms. The van der Waals surface area contributed by atoms with Gasteiger partial charge in [-0.3, -0.25) is 9.59 Å². The average Bonchev–Trinajstić information content (AvgIpc) is 3.18. The molecule has 168 valence electrons. The third-order valence-corrected chi connectivity index (χ3v) is 7.11. The minimum Gasteiger partial charge on any atom is -0.492 e. The Hall–Kier alpha value is -2.80. The Kier molecular flexibility index (Phi) is 5.67. The molecule has 2 N–H and O–H groups in total. The molecule has 2 aromatic rings. The summed E-state index contributed by atoms with van der Waals surface area (Å²) in [5, 5.41) is 6.24. The van der Waals surface area contributed by atoms with Crippen molar-refractivity contribution in [2.24, 2.45) is 11.8 Å². The van der Waals surface area contributed by atoms with Gasteiger partial charge in [-0.05, 0) is 49.3 Å². The van der Waals surface area contributed by atoms with Crippen molar-refractivity contribution in [2.75, 3.05) is 13.2 Å². The van der Waals surface area contributed by atoms with Crippen molar-refractivity contribution in [3.05, 3.63) is 58.9 Å². The van der Waals surface area contributed by atoms with E-state index in [1.807, 2.05) is 24.3 Å². The normalized spacial score (nSPS) is 27.5. The summed E-state index contributed by atoms with van der Waals surface area (Å²) in [5.41, 5.74) is 0.924. The molecule has 1 heterocycles. The molecule has 2 aromatic carbocycles. The van der Waals surface area contributed by atoms with Crippen LogP contribution < -0.4 is 20.1 Å². The zero-order valence-corrected chi connectivity index (χ0v) is 18.1. The summed E-state index contributed by atoms with van der Waals surface area (Å²) in [7, 11) is 0. The molecule has 3 unspecified atom stereocenters. The number of nitrogens with one attached hydrogen (secondary N) is 2. The van der Waals surface area contributed by atoms with Crippen LogP contribution in [0, 0.1) is 17.7 Å². The molecule has 3 atom stereocenters. The van der Waals surface area contributed by atoms with Gasteiger partial charge in [0.25, 0.3) is 5.91 Å². The van der Waals surface area contributed by atoms with E-state index in [0.717, 1.165) is 30.2 Å². The minimum atomic E-state index is -0.591. The lowest BCUT2D eigenvalue weighted by Crippen LogP contribution is -2.60. The Balaban J connectivity index is 1.14. The highest BCUT2D eigenvalue weighted by Gasteiger charge is 2.47. The number of carbonyl (C=O) groups is 2. The monoisotopic (exact) mass is 458 g/mol. The molecule has 0 aromatic heterocycles. The van der Waals surface area contributed by atoms with Gasteiger partial charge in [0.1, 0.15) is 29.8 Å². The fraction of sp³-hybridized carbons (Fsp3) is 0.417. The molecule has 0 saturated heterocycles. The summed E-state index contributed by atoms with van der Waals surface area (Å²) in [6.07, 6.45) is 2.66. The second kappa shape index (κ2) is 8.62. The Morgan fingerprint density at radius 2 is 1.81 bits per heavy atom. The van der Waals surface area contributed by atoms with Crippen molar-refractivity contribution in [2.45, 2.75) is 37.3 Å². The van der Waals surface area contributed by atoms with Crippen molar-refractivity contribution in [3.63, 3.8) is 0 Å². The number of para-hydroxylation sites is 1. The van der Waals surface area contributed by atoms with E-state index in [9.17, 15) is 14.0 Å². The van der Waals surface area contributed by atoms with E-state index in [1.165, 1.54) is 12.1 Å². The van der Waals surface area contributed by atoms with Gasteiger partial charge in [-0.1, -0.05) is 29.8 Å². The highest BCUT2D eigenvalue weighted by molar-refractivity contribution is 6.30. The van der Waals surface area contributed by atoms with Crippen LogP contribution in [-0.2, 0) is 9.59 Å². The van der Waals surface area contributed by atoms with Crippen LogP contribution >= 0.6 is 11.6 Å². The van der Waals surface area contributed by atoms with E-state index in [-0.39, 0.29) is 47.2 Å². The Bertz CT molecular complexity index is 1040. The van der Waals surface area contributed by atoms with Crippen molar-refractivity contribution in [1.82, 2.24) is 10.6 Å². The third-order valence-electron chi connectivity index (χ3n) is 6.81. The van der Waals surface area contributed by atoms with Crippen LogP contribution in [0.2, 0.25) is 5.02 Å². The molecule has 6 rings (SSSR count). The molecule has 32 heavy (non-hydrogen) atoms. The van der Waals surface area contributed by atoms with Crippen molar-refractivity contribution >= 4 is 23.4 Å². The SMILES string of the molecule is O=C(COc1ccc(Cl)c(F)c1)NC1CC(NC(=O)C2COc3ccccc32)C2CC1C2. The second-order valence-electron chi connectivity index (χ2n) is 8.78. The van der Waals surface area contributed by atoms with E-state index >= 15 is 0 Å². The van der Waals surface area contributed by atoms with Crippen molar-refractivity contribution < 1.29 is 23.5 Å². The van der Waals surface area contributed by atoms with Crippen LogP contribution in [0.3, 0.4) is 0 Å². The first-order chi connectivity index (χ1) is 15.5. The fourth-order valence-electron chi connectivity index (χ4n) is 5.00.